The van der Waals surface area contributed by atoms with Crippen molar-refractivity contribution in [2.24, 2.45) is 0 Å². The molecule has 0 fully saturated rings. The second-order valence-corrected chi connectivity index (χ2v) is 4.78. The van der Waals surface area contributed by atoms with Crippen LogP contribution in [0.15, 0.2) is 42.5 Å². The van der Waals surface area contributed by atoms with Crippen LogP contribution in [0.5, 0.6) is 11.5 Å². The number of nitro groups is 1. The molecule has 0 aromatic heterocycles. The lowest BCUT2D eigenvalue weighted by Crippen LogP contribution is -1.97. The number of hydrogen-bond donors (Lipinski definition) is 1. The van der Waals surface area contributed by atoms with E-state index in [1.165, 1.54) is 6.07 Å². The van der Waals surface area contributed by atoms with Crippen LogP contribution in [0.4, 0.5) is 5.69 Å². The smallest absolute Gasteiger partial charge is 0.311 e. The lowest BCUT2D eigenvalue weighted by atomic mass is 10.1. The van der Waals surface area contributed by atoms with E-state index in [4.69, 9.17) is 4.74 Å². The van der Waals surface area contributed by atoms with Crippen molar-refractivity contribution in [3.63, 3.8) is 0 Å². The van der Waals surface area contributed by atoms with Crippen molar-refractivity contribution >= 4 is 5.69 Å². The first kappa shape index (κ1) is 15.0. The number of para-hydroxylation sites is 1. The van der Waals surface area contributed by atoms with Crippen molar-refractivity contribution in [3.8, 4) is 11.5 Å². The number of nitro benzene ring substituents is 1. The van der Waals surface area contributed by atoms with E-state index < -0.39 is 11.0 Å². The Morgan fingerprint density at radius 1 is 1.24 bits per heavy atom. The average molecular weight is 287 g/mol. The summed E-state index contributed by atoms with van der Waals surface area (Å²) in [4.78, 5) is 10.6. The third kappa shape index (κ3) is 3.38. The van der Waals surface area contributed by atoms with E-state index in [2.05, 4.69) is 0 Å². The summed E-state index contributed by atoms with van der Waals surface area (Å²) in [6.07, 6.45) is 0.121. The monoisotopic (exact) mass is 287 g/mol. The Morgan fingerprint density at radius 2 is 1.90 bits per heavy atom. The summed E-state index contributed by atoms with van der Waals surface area (Å²) in [5, 5.41) is 20.8. The van der Waals surface area contributed by atoms with Gasteiger partial charge in [0.05, 0.1) is 11.0 Å². The van der Waals surface area contributed by atoms with Crippen LogP contribution in [0.1, 0.15) is 30.6 Å². The van der Waals surface area contributed by atoms with Crippen molar-refractivity contribution in [3.05, 3.63) is 63.7 Å². The summed E-state index contributed by atoms with van der Waals surface area (Å²) in [5.74, 6) is 0.741. The zero-order valence-corrected chi connectivity index (χ0v) is 11.9. The molecule has 0 unspecified atom stereocenters. The second kappa shape index (κ2) is 6.37. The fraction of sp³-hybridized carbons (Fsp3) is 0.250. The Bertz CT molecular complexity index is 637. The summed E-state index contributed by atoms with van der Waals surface area (Å²) in [5.41, 5.74) is 1.43. The van der Waals surface area contributed by atoms with E-state index >= 15 is 0 Å². The highest BCUT2D eigenvalue weighted by atomic mass is 16.6. The van der Waals surface area contributed by atoms with Crippen LogP contribution in [0.25, 0.3) is 0 Å². The van der Waals surface area contributed by atoms with Crippen molar-refractivity contribution in [2.75, 3.05) is 0 Å². The van der Waals surface area contributed by atoms with Gasteiger partial charge in [-0.05, 0) is 36.6 Å². The van der Waals surface area contributed by atoms with Crippen molar-refractivity contribution < 1.29 is 14.8 Å². The fourth-order valence-electron chi connectivity index (χ4n) is 2.03. The van der Waals surface area contributed by atoms with E-state index in [0.717, 1.165) is 5.56 Å². The minimum absolute atomic E-state index is 0.0623. The molecule has 5 heteroatoms. The minimum Gasteiger partial charge on any atom is -0.450 e. The number of nitrogens with zero attached hydrogens (tertiary/aromatic N) is 1. The molecule has 0 amide bonds. The molecule has 2 aromatic rings. The Balaban J connectivity index is 2.28. The Hall–Kier alpha value is -2.40. The number of rotatable bonds is 5. The molecule has 0 bridgehead atoms. The van der Waals surface area contributed by atoms with Crippen LogP contribution in [-0.2, 0) is 0 Å². The van der Waals surface area contributed by atoms with Gasteiger partial charge in [-0.1, -0.05) is 31.2 Å². The lowest BCUT2D eigenvalue weighted by molar-refractivity contribution is -0.385. The molecule has 1 atom stereocenters. The van der Waals surface area contributed by atoms with Gasteiger partial charge in [-0.3, -0.25) is 10.1 Å². The number of aryl methyl sites for hydroxylation is 1. The Kier molecular flexibility index (Phi) is 4.55. The van der Waals surface area contributed by atoms with Gasteiger partial charge in [0.2, 0.25) is 5.75 Å². The highest BCUT2D eigenvalue weighted by Gasteiger charge is 2.17. The van der Waals surface area contributed by atoms with Crippen molar-refractivity contribution in [1.29, 1.82) is 0 Å². The van der Waals surface area contributed by atoms with Gasteiger partial charge in [0.15, 0.2) is 0 Å². The van der Waals surface area contributed by atoms with E-state index in [-0.39, 0.29) is 11.4 Å². The molecule has 5 nitrogen and oxygen atoms in total. The molecule has 0 saturated carbocycles. The molecule has 21 heavy (non-hydrogen) atoms. The number of aliphatic hydroxyl groups is 1. The van der Waals surface area contributed by atoms with Crippen LogP contribution in [0.2, 0.25) is 0 Å². The SMILES string of the molecule is CC[C@H](O)c1ccc(Oc2c(C)cccc2[N+](=O)[O-])cc1. The number of benzene rings is 2. The summed E-state index contributed by atoms with van der Waals surface area (Å²) >= 11 is 0. The van der Waals surface area contributed by atoms with Gasteiger partial charge in [-0.15, -0.1) is 0 Å². The van der Waals surface area contributed by atoms with E-state index in [1.807, 2.05) is 6.92 Å². The van der Waals surface area contributed by atoms with Gasteiger partial charge in [0.25, 0.3) is 0 Å². The largest absolute Gasteiger partial charge is 0.450 e. The zero-order valence-electron chi connectivity index (χ0n) is 11.9. The molecule has 0 radical (unpaired) electrons. The van der Waals surface area contributed by atoms with E-state index in [9.17, 15) is 15.2 Å². The molecule has 0 aliphatic rings. The lowest BCUT2D eigenvalue weighted by Gasteiger charge is -2.11. The quantitative estimate of drug-likeness (QED) is 0.662. The van der Waals surface area contributed by atoms with Crippen LogP contribution in [0, 0.1) is 17.0 Å². The summed E-state index contributed by atoms with van der Waals surface area (Å²) < 4.78 is 5.65. The minimum atomic E-state index is -0.508. The highest BCUT2D eigenvalue weighted by molar-refractivity contribution is 5.53. The van der Waals surface area contributed by atoms with Crippen LogP contribution in [0.3, 0.4) is 0 Å². The van der Waals surface area contributed by atoms with E-state index in [0.29, 0.717) is 17.7 Å². The van der Waals surface area contributed by atoms with E-state index in [1.54, 1.807) is 43.3 Å². The maximum atomic E-state index is 11.0. The van der Waals surface area contributed by atoms with Crippen molar-refractivity contribution in [1.82, 2.24) is 0 Å². The summed E-state index contributed by atoms with van der Waals surface area (Å²) in [6, 6.07) is 11.7. The molecule has 1 N–H and O–H groups in total. The molecule has 0 spiro atoms. The highest BCUT2D eigenvalue weighted by Crippen LogP contribution is 2.34. The molecular weight excluding hydrogens is 270 g/mol. The number of aliphatic hydroxyl groups excluding tert-OH is 1. The molecule has 0 aliphatic heterocycles. The Morgan fingerprint density at radius 3 is 2.48 bits per heavy atom. The third-order valence-electron chi connectivity index (χ3n) is 3.26. The maximum Gasteiger partial charge on any atom is 0.311 e. The molecule has 0 heterocycles. The number of ether oxygens (including phenoxy) is 1. The van der Waals surface area contributed by atoms with Crippen molar-refractivity contribution in [2.45, 2.75) is 26.4 Å². The number of hydrogen-bond acceptors (Lipinski definition) is 4. The predicted octanol–water partition coefficient (Wildman–Crippen LogP) is 4.14. The maximum absolute atomic E-state index is 11.0. The second-order valence-electron chi connectivity index (χ2n) is 4.78. The van der Waals surface area contributed by atoms with Gasteiger partial charge in [0, 0.05) is 6.07 Å². The predicted molar refractivity (Wildman–Crippen MR) is 79.6 cm³/mol. The van der Waals surface area contributed by atoms with Crippen LogP contribution in [-0.4, -0.2) is 10.0 Å². The normalized spacial score (nSPS) is 12.0. The topological polar surface area (TPSA) is 72.6 Å². The van der Waals surface area contributed by atoms with Gasteiger partial charge >= 0.3 is 5.69 Å². The fourth-order valence-corrected chi connectivity index (χ4v) is 2.03. The first-order valence-electron chi connectivity index (χ1n) is 6.72. The molecule has 2 rings (SSSR count). The summed E-state index contributed by atoms with van der Waals surface area (Å²) in [7, 11) is 0. The molecule has 110 valence electrons. The standard InChI is InChI=1S/C16H17NO4/c1-3-15(18)12-7-9-13(10-8-12)21-16-11(2)5-4-6-14(16)17(19)20/h4-10,15,18H,3H2,1-2H3/t15-/m0/s1. The molecule has 0 aliphatic carbocycles. The zero-order chi connectivity index (χ0) is 15.4. The average Bonchev–Trinajstić information content (AvgIpc) is 2.49. The summed E-state index contributed by atoms with van der Waals surface area (Å²) in [6.45, 7) is 3.66. The van der Waals surface area contributed by atoms with Crippen LogP contribution >= 0.6 is 0 Å². The molecule has 2 aromatic carbocycles. The van der Waals surface area contributed by atoms with Gasteiger partial charge in [-0.25, -0.2) is 0 Å². The third-order valence-corrected chi connectivity index (χ3v) is 3.26. The van der Waals surface area contributed by atoms with Crippen LogP contribution < -0.4 is 4.74 Å². The first-order valence-corrected chi connectivity index (χ1v) is 6.72. The van der Waals surface area contributed by atoms with Gasteiger partial charge in [-0.2, -0.15) is 0 Å². The van der Waals surface area contributed by atoms with Gasteiger partial charge in [0.1, 0.15) is 5.75 Å². The first-order chi connectivity index (χ1) is 10.0. The molecule has 0 saturated heterocycles. The van der Waals surface area contributed by atoms with Gasteiger partial charge < -0.3 is 9.84 Å². The molecular formula is C16H17NO4. The Labute approximate surface area is 123 Å².